The lowest BCUT2D eigenvalue weighted by Gasteiger charge is -2.00. The third-order valence-electron chi connectivity index (χ3n) is 2.26. The van der Waals surface area contributed by atoms with E-state index in [1.807, 2.05) is 30.5 Å². The molecule has 0 aliphatic carbocycles. The summed E-state index contributed by atoms with van der Waals surface area (Å²) >= 11 is 3.43. The molecule has 0 aliphatic rings. The quantitative estimate of drug-likeness (QED) is 0.685. The van der Waals surface area contributed by atoms with Crippen molar-refractivity contribution in [2.45, 2.75) is 0 Å². The predicted molar refractivity (Wildman–Crippen MR) is 64.4 cm³/mol. The summed E-state index contributed by atoms with van der Waals surface area (Å²) in [7, 11) is 0. The molecule has 0 spiro atoms. The van der Waals surface area contributed by atoms with E-state index in [4.69, 9.17) is 0 Å². The molecule has 4 nitrogen and oxygen atoms in total. The molecular formula is C11H7BrN4. The molecule has 16 heavy (non-hydrogen) atoms. The number of fused-ring (bicyclic) bond motifs is 1. The molecule has 0 fully saturated rings. The fourth-order valence-electron chi connectivity index (χ4n) is 1.52. The van der Waals surface area contributed by atoms with E-state index in [0.717, 1.165) is 21.2 Å². The van der Waals surface area contributed by atoms with Crippen LogP contribution in [0.5, 0.6) is 0 Å². The molecule has 0 unspecified atom stereocenters. The van der Waals surface area contributed by atoms with Gasteiger partial charge in [-0.2, -0.15) is 5.10 Å². The van der Waals surface area contributed by atoms with Gasteiger partial charge < -0.3 is 0 Å². The summed E-state index contributed by atoms with van der Waals surface area (Å²) in [4.78, 5) is 8.08. The van der Waals surface area contributed by atoms with Crippen LogP contribution in [0, 0.1) is 0 Å². The van der Waals surface area contributed by atoms with Gasteiger partial charge in [-0.05, 0) is 18.2 Å². The SMILES string of the molecule is Brc1cccc(-n2cc3ncncc3n2)c1. The van der Waals surface area contributed by atoms with E-state index in [1.54, 1.807) is 10.9 Å². The Kier molecular flexibility index (Phi) is 2.18. The van der Waals surface area contributed by atoms with Gasteiger partial charge in [0.2, 0.25) is 0 Å². The van der Waals surface area contributed by atoms with Crippen LogP contribution >= 0.6 is 15.9 Å². The summed E-state index contributed by atoms with van der Waals surface area (Å²) in [5, 5.41) is 4.39. The Morgan fingerprint density at radius 2 is 2.12 bits per heavy atom. The summed E-state index contributed by atoms with van der Waals surface area (Å²) in [6.07, 6.45) is 5.12. The molecule has 3 aromatic rings. The van der Waals surface area contributed by atoms with Crippen molar-refractivity contribution in [3.8, 4) is 5.69 Å². The van der Waals surface area contributed by atoms with Crippen LogP contribution in [0.15, 0.2) is 47.5 Å². The van der Waals surface area contributed by atoms with Crippen molar-refractivity contribution in [3.63, 3.8) is 0 Å². The van der Waals surface area contributed by atoms with Crippen LogP contribution in [0.25, 0.3) is 16.7 Å². The second-order valence-corrected chi connectivity index (χ2v) is 4.26. The molecule has 0 bridgehead atoms. The van der Waals surface area contributed by atoms with E-state index in [0.29, 0.717) is 0 Å². The maximum absolute atomic E-state index is 4.39. The fourth-order valence-corrected chi connectivity index (χ4v) is 1.91. The van der Waals surface area contributed by atoms with Crippen LogP contribution in [0.3, 0.4) is 0 Å². The summed E-state index contributed by atoms with van der Waals surface area (Å²) < 4.78 is 2.82. The van der Waals surface area contributed by atoms with Crippen molar-refractivity contribution < 1.29 is 0 Å². The average Bonchev–Trinajstić information content (AvgIpc) is 2.72. The van der Waals surface area contributed by atoms with Crippen LogP contribution in [-0.2, 0) is 0 Å². The Bertz CT molecular complexity index is 614. The van der Waals surface area contributed by atoms with Gasteiger partial charge in [-0.1, -0.05) is 22.0 Å². The van der Waals surface area contributed by atoms with E-state index < -0.39 is 0 Å². The zero-order valence-corrected chi connectivity index (χ0v) is 9.79. The molecule has 0 atom stereocenters. The second-order valence-electron chi connectivity index (χ2n) is 3.35. The smallest absolute Gasteiger partial charge is 0.130 e. The Balaban J connectivity index is 2.19. The number of rotatable bonds is 1. The predicted octanol–water partition coefficient (Wildman–Crippen LogP) is 2.58. The first kappa shape index (κ1) is 9.47. The van der Waals surface area contributed by atoms with Crippen molar-refractivity contribution in [1.82, 2.24) is 19.7 Å². The Morgan fingerprint density at radius 1 is 1.19 bits per heavy atom. The molecule has 3 rings (SSSR count). The highest BCUT2D eigenvalue weighted by Crippen LogP contribution is 2.16. The average molecular weight is 275 g/mol. The van der Waals surface area contributed by atoms with Gasteiger partial charge in [0, 0.05) is 4.47 Å². The zero-order valence-electron chi connectivity index (χ0n) is 8.21. The highest BCUT2D eigenvalue weighted by atomic mass is 79.9. The highest BCUT2D eigenvalue weighted by Gasteiger charge is 2.03. The molecule has 5 heteroatoms. The van der Waals surface area contributed by atoms with Crippen LogP contribution in [-0.4, -0.2) is 19.7 Å². The zero-order chi connectivity index (χ0) is 11.0. The van der Waals surface area contributed by atoms with E-state index in [1.165, 1.54) is 6.33 Å². The minimum atomic E-state index is 0.794. The summed E-state index contributed by atoms with van der Waals surface area (Å²) in [5.74, 6) is 0. The summed E-state index contributed by atoms with van der Waals surface area (Å²) in [6.45, 7) is 0. The molecule has 0 radical (unpaired) electrons. The third kappa shape index (κ3) is 1.59. The van der Waals surface area contributed by atoms with Crippen molar-refractivity contribution in [1.29, 1.82) is 0 Å². The monoisotopic (exact) mass is 274 g/mol. The third-order valence-corrected chi connectivity index (χ3v) is 2.75. The maximum Gasteiger partial charge on any atom is 0.130 e. The Morgan fingerprint density at radius 3 is 2.94 bits per heavy atom. The van der Waals surface area contributed by atoms with Crippen LogP contribution in [0.2, 0.25) is 0 Å². The lowest BCUT2D eigenvalue weighted by atomic mass is 10.3. The largest absolute Gasteiger partial charge is 0.242 e. The second kappa shape index (κ2) is 3.68. The first-order valence-electron chi connectivity index (χ1n) is 4.74. The molecule has 0 saturated carbocycles. The number of hydrogen-bond acceptors (Lipinski definition) is 3. The minimum absolute atomic E-state index is 0.794. The van der Waals surface area contributed by atoms with E-state index >= 15 is 0 Å². The van der Waals surface area contributed by atoms with E-state index in [-0.39, 0.29) is 0 Å². The fraction of sp³-hybridized carbons (Fsp3) is 0. The molecule has 0 amide bonds. The lowest BCUT2D eigenvalue weighted by Crippen LogP contribution is -1.93. The first-order chi connectivity index (χ1) is 7.83. The number of nitrogens with zero attached hydrogens (tertiary/aromatic N) is 4. The van der Waals surface area contributed by atoms with Crippen LogP contribution in [0.4, 0.5) is 0 Å². The van der Waals surface area contributed by atoms with Gasteiger partial charge in [0.1, 0.15) is 17.4 Å². The van der Waals surface area contributed by atoms with Gasteiger partial charge in [0.25, 0.3) is 0 Å². The van der Waals surface area contributed by atoms with Crippen LogP contribution in [0.1, 0.15) is 0 Å². The van der Waals surface area contributed by atoms with Gasteiger partial charge >= 0.3 is 0 Å². The molecule has 78 valence electrons. The van der Waals surface area contributed by atoms with Crippen molar-refractivity contribution in [2.24, 2.45) is 0 Å². The van der Waals surface area contributed by atoms with Gasteiger partial charge in [-0.25, -0.2) is 14.6 Å². The molecule has 2 heterocycles. The number of hydrogen-bond donors (Lipinski definition) is 0. The van der Waals surface area contributed by atoms with Crippen LogP contribution < -0.4 is 0 Å². The Labute approximate surface area is 100 Å². The normalized spacial score (nSPS) is 10.8. The van der Waals surface area contributed by atoms with Gasteiger partial charge in [0.05, 0.1) is 18.1 Å². The molecule has 0 aliphatic heterocycles. The van der Waals surface area contributed by atoms with E-state index in [2.05, 4.69) is 31.0 Å². The summed E-state index contributed by atoms with van der Waals surface area (Å²) in [5.41, 5.74) is 2.63. The van der Waals surface area contributed by atoms with Crippen molar-refractivity contribution in [3.05, 3.63) is 47.5 Å². The van der Waals surface area contributed by atoms with Crippen molar-refractivity contribution in [2.75, 3.05) is 0 Å². The molecule has 1 aromatic carbocycles. The number of benzene rings is 1. The maximum atomic E-state index is 4.39. The summed E-state index contributed by atoms with van der Waals surface area (Å²) in [6, 6.07) is 7.94. The lowest BCUT2D eigenvalue weighted by molar-refractivity contribution is 0.895. The van der Waals surface area contributed by atoms with Gasteiger partial charge in [-0.15, -0.1) is 0 Å². The van der Waals surface area contributed by atoms with Gasteiger partial charge in [-0.3, -0.25) is 0 Å². The minimum Gasteiger partial charge on any atom is -0.242 e. The van der Waals surface area contributed by atoms with Gasteiger partial charge in [0.15, 0.2) is 0 Å². The molecule has 0 N–H and O–H groups in total. The number of aromatic nitrogens is 4. The Hall–Kier alpha value is -1.75. The topological polar surface area (TPSA) is 43.6 Å². The van der Waals surface area contributed by atoms with E-state index in [9.17, 15) is 0 Å². The van der Waals surface area contributed by atoms with Crippen molar-refractivity contribution >= 4 is 27.0 Å². The molecular weight excluding hydrogens is 268 g/mol. The highest BCUT2D eigenvalue weighted by molar-refractivity contribution is 9.10. The number of halogens is 1. The standard InChI is InChI=1S/C11H7BrN4/c12-8-2-1-3-9(4-8)16-6-11-10(15-16)5-13-7-14-11/h1-7H. The first-order valence-corrected chi connectivity index (χ1v) is 5.53. The molecule has 2 aromatic heterocycles. The molecule has 0 saturated heterocycles.